The predicted molar refractivity (Wildman–Crippen MR) is 147 cm³/mol. The first-order valence-corrected chi connectivity index (χ1v) is 12.7. The van der Waals surface area contributed by atoms with E-state index in [4.69, 9.17) is 0 Å². The number of para-hydroxylation sites is 1. The molecule has 0 unspecified atom stereocenters. The summed E-state index contributed by atoms with van der Waals surface area (Å²) in [6.45, 7) is 12.8. The lowest BCUT2D eigenvalue weighted by Gasteiger charge is -2.27. The van der Waals surface area contributed by atoms with Gasteiger partial charge in [-0.1, -0.05) is 75.7 Å². The lowest BCUT2D eigenvalue weighted by molar-refractivity contribution is -0.401. The van der Waals surface area contributed by atoms with Crippen LogP contribution in [0.3, 0.4) is 0 Å². The van der Waals surface area contributed by atoms with E-state index in [-0.39, 0.29) is 10.8 Å². The number of anilines is 1. The summed E-state index contributed by atoms with van der Waals surface area (Å²) in [4.78, 5) is 2.54. The first kappa shape index (κ1) is 22.7. The van der Waals surface area contributed by atoms with Crippen LogP contribution in [0.2, 0.25) is 0 Å². The van der Waals surface area contributed by atoms with Gasteiger partial charge in [-0.15, -0.1) is 0 Å². The molecule has 5 rings (SSSR count). The van der Waals surface area contributed by atoms with Gasteiger partial charge in [-0.25, -0.2) is 0 Å². The molecule has 2 aliphatic rings. The van der Waals surface area contributed by atoms with Crippen LogP contribution in [-0.2, 0) is 10.8 Å². The molecule has 0 radical (unpaired) electrons. The molecular formula is C32H37N2+. The van der Waals surface area contributed by atoms with Gasteiger partial charge in [0, 0.05) is 41.1 Å². The topological polar surface area (TPSA) is 6.25 Å². The van der Waals surface area contributed by atoms with Crippen LogP contribution in [-0.4, -0.2) is 23.9 Å². The zero-order chi connectivity index (χ0) is 24.1. The fourth-order valence-electron chi connectivity index (χ4n) is 6.12. The fraction of sp³-hybridized carbons (Fsp3) is 0.344. The van der Waals surface area contributed by atoms with E-state index in [0.29, 0.717) is 0 Å². The van der Waals surface area contributed by atoms with Gasteiger partial charge in [-0.3, -0.25) is 0 Å². The molecule has 0 atom stereocenters. The molecule has 0 aromatic heterocycles. The van der Waals surface area contributed by atoms with Gasteiger partial charge in [0.2, 0.25) is 5.69 Å². The molecule has 34 heavy (non-hydrogen) atoms. The molecule has 2 nitrogen and oxygen atoms in total. The minimum atomic E-state index is -0.0595. The highest BCUT2D eigenvalue weighted by molar-refractivity contribution is 6.07. The van der Waals surface area contributed by atoms with Gasteiger partial charge in [0.25, 0.3) is 0 Å². The van der Waals surface area contributed by atoms with E-state index in [1.165, 1.54) is 57.5 Å². The zero-order valence-corrected chi connectivity index (χ0v) is 21.5. The van der Waals surface area contributed by atoms with Crippen LogP contribution in [0.1, 0.15) is 58.6 Å². The molecule has 2 heteroatoms. The number of allylic oxidation sites excluding steroid dienone is 4. The molecule has 0 aliphatic carbocycles. The predicted octanol–water partition coefficient (Wildman–Crippen LogP) is 7.88. The van der Waals surface area contributed by atoms with Crippen molar-refractivity contribution in [3.63, 3.8) is 0 Å². The number of hydrogen-bond acceptors (Lipinski definition) is 1. The Morgan fingerprint density at radius 3 is 2.41 bits per heavy atom. The molecular weight excluding hydrogens is 412 g/mol. The summed E-state index contributed by atoms with van der Waals surface area (Å²) in [5.74, 6) is 0. The maximum Gasteiger partial charge on any atom is 0.210 e. The van der Waals surface area contributed by atoms with Crippen LogP contribution in [0, 0.1) is 0 Å². The van der Waals surface area contributed by atoms with Crippen molar-refractivity contribution in [2.45, 2.75) is 58.3 Å². The Labute approximate surface area is 204 Å². The number of unbranched alkanes of at least 4 members (excludes halogenated alkanes) is 1. The van der Waals surface area contributed by atoms with Crippen molar-refractivity contribution in [2.75, 3.05) is 18.5 Å². The van der Waals surface area contributed by atoms with Crippen molar-refractivity contribution in [1.82, 2.24) is 0 Å². The molecule has 2 aliphatic heterocycles. The Bertz CT molecular complexity index is 1350. The lowest BCUT2D eigenvalue weighted by atomic mass is 9.79. The van der Waals surface area contributed by atoms with E-state index >= 15 is 0 Å². The van der Waals surface area contributed by atoms with Crippen LogP contribution in [0.5, 0.6) is 0 Å². The van der Waals surface area contributed by atoms with Gasteiger partial charge >= 0.3 is 0 Å². The third-order valence-electron chi connectivity index (χ3n) is 7.94. The number of nitrogens with zero attached hydrogens (tertiary/aromatic N) is 2. The van der Waals surface area contributed by atoms with Gasteiger partial charge in [-0.05, 0) is 54.8 Å². The van der Waals surface area contributed by atoms with Gasteiger partial charge < -0.3 is 4.90 Å². The quantitative estimate of drug-likeness (QED) is 0.359. The standard InChI is InChI=1S/C32H37N2/c1-7-8-22-34-26-17-12-11-16-25(26)31(2,3)29(34)19-13-18-28-32(4,5)30-24-15-10-9-14-23(24)20-21-27(30)33(28)6/h9-21H,7-8,22H2,1-6H3/q+1. The van der Waals surface area contributed by atoms with Gasteiger partial charge in [0.15, 0.2) is 5.71 Å². The summed E-state index contributed by atoms with van der Waals surface area (Å²) < 4.78 is 2.38. The summed E-state index contributed by atoms with van der Waals surface area (Å²) >= 11 is 0. The Kier molecular flexibility index (Phi) is 5.51. The van der Waals surface area contributed by atoms with E-state index in [1.807, 2.05) is 0 Å². The van der Waals surface area contributed by atoms with E-state index in [2.05, 4.69) is 130 Å². The molecule has 3 aromatic carbocycles. The minimum absolute atomic E-state index is 0.00436. The van der Waals surface area contributed by atoms with Crippen LogP contribution in [0.15, 0.2) is 84.6 Å². The van der Waals surface area contributed by atoms with Crippen molar-refractivity contribution in [3.8, 4) is 0 Å². The lowest BCUT2D eigenvalue weighted by Crippen LogP contribution is -2.27. The largest absolute Gasteiger partial charge is 0.344 e. The molecule has 3 aromatic rings. The summed E-state index contributed by atoms with van der Waals surface area (Å²) in [6.07, 6.45) is 9.36. The molecule has 0 bridgehead atoms. The molecule has 0 spiro atoms. The van der Waals surface area contributed by atoms with Crippen LogP contribution in [0.25, 0.3) is 10.8 Å². The number of hydrogen-bond donors (Lipinski definition) is 0. The van der Waals surface area contributed by atoms with E-state index in [9.17, 15) is 0 Å². The van der Waals surface area contributed by atoms with Crippen molar-refractivity contribution in [2.24, 2.45) is 0 Å². The van der Waals surface area contributed by atoms with Crippen molar-refractivity contribution in [3.05, 3.63) is 95.7 Å². The second-order valence-corrected chi connectivity index (χ2v) is 10.8. The molecule has 0 fully saturated rings. The van der Waals surface area contributed by atoms with E-state index < -0.39 is 0 Å². The number of benzene rings is 3. The highest BCUT2D eigenvalue weighted by Crippen LogP contribution is 2.48. The second-order valence-electron chi connectivity index (χ2n) is 10.8. The summed E-state index contributed by atoms with van der Waals surface area (Å²) in [5.41, 5.74) is 8.20. The van der Waals surface area contributed by atoms with Crippen LogP contribution in [0.4, 0.5) is 11.4 Å². The Hall–Kier alpha value is -3.13. The van der Waals surface area contributed by atoms with E-state index in [0.717, 1.165) is 6.54 Å². The zero-order valence-electron chi connectivity index (χ0n) is 21.5. The first-order chi connectivity index (χ1) is 16.3. The van der Waals surface area contributed by atoms with E-state index in [1.54, 1.807) is 0 Å². The van der Waals surface area contributed by atoms with Gasteiger partial charge in [0.1, 0.15) is 7.05 Å². The molecule has 0 saturated heterocycles. The third kappa shape index (κ3) is 3.35. The van der Waals surface area contributed by atoms with Crippen molar-refractivity contribution < 1.29 is 4.58 Å². The maximum atomic E-state index is 2.54. The average molecular weight is 450 g/mol. The third-order valence-corrected chi connectivity index (χ3v) is 7.94. The molecule has 0 amide bonds. The van der Waals surface area contributed by atoms with Crippen molar-refractivity contribution >= 4 is 27.9 Å². The SMILES string of the molecule is CCCCN1/C(=C\C=C\C2=[N+](C)c3ccc4ccccc4c3C2(C)C)C(C)(C)c2ccccc21. The number of fused-ring (bicyclic) bond motifs is 4. The Morgan fingerprint density at radius 1 is 0.882 bits per heavy atom. The Morgan fingerprint density at radius 2 is 1.62 bits per heavy atom. The summed E-state index contributed by atoms with van der Waals surface area (Å²) in [5, 5.41) is 2.67. The molecule has 2 heterocycles. The second kappa shape index (κ2) is 8.27. The average Bonchev–Trinajstić information content (AvgIpc) is 3.16. The minimum Gasteiger partial charge on any atom is -0.344 e. The fourth-order valence-corrected chi connectivity index (χ4v) is 6.12. The highest BCUT2D eigenvalue weighted by atomic mass is 15.2. The normalized spacial score (nSPS) is 19.5. The van der Waals surface area contributed by atoms with Crippen LogP contribution < -0.4 is 4.90 Å². The first-order valence-electron chi connectivity index (χ1n) is 12.7. The van der Waals surface area contributed by atoms with Crippen molar-refractivity contribution in [1.29, 1.82) is 0 Å². The highest BCUT2D eigenvalue weighted by Gasteiger charge is 2.44. The molecule has 174 valence electrons. The van der Waals surface area contributed by atoms with Crippen LogP contribution >= 0.6 is 0 Å². The molecule has 0 N–H and O–H groups in total. The smallest absolute Gasteiger partial charge is 0.210 e. The summed E-state index contributed by atoms with van der Waals surface area (Å²) in [6, 6.07) is 22.2. The number of rotatable bonds is 5. The molecule has 0 saturated carbocycles. The maximum absolute atomic E-state index is 2.54. The van der Waals surface area contributed by atoms with Gasteiger partial charge in [0.05, 0.1) is 5.41 Å². The monoisotopic (exact) mass is 449 g/mol. The Balaban J connectivity index is 1.54. The van der Waals surface area contributed by atoms with Gasteiger partial charge in [-0.2, -0.15) is 4.58 Å². The summed E-state index contributed by atoms with van der Waals surface area (Å²) in [7, 11) is 2.21.